The van der Waals surface area contributed by atoms with Crippen LogP contribution in [0.25, 0.3) is 0 Å². The van der Waals surface area contributed by atoms with Crippen molar-refractivity contribution in [2.75, 3.05) is 31.3 Å². The topological polar surface area (TPSA) is 51.7 Å². The maximum Gasteiger partial charge on any atom is 0.315 e. The van der Waals surface area contributed by atoms with E-state index in [1.165, 1.54) is 4.88 Å². The van der Waals surface area contributed by atoms with Crippen molar-refractivity contribution < 1.29 is 14.3 Å². The summed E-state index contributed by atoms with van der Waals surface area (Å²) in [7, 11) is 0. The highest BCUT2D eigenvalue weighted by Gasteiger charge is 2.33. The Morgan fingerprint density at radius 3 is 3.19 bits per heavy atom. The Bertz CT molecular complexity index is 517. The Hall–Kier alpha value is -1.14. The van der Waals surface area contributed by atoms with Gasteiger partial charge in [0.15, 0.2) is 5.13 Å². The van der Waals surface area contributed by atoms with Crippen LogP contribution in [0.5, 0.6) is 0 Å². The molecule has 116 valence electrons. The number of anilines is 1. The third kappa shape index (κ3) is 2.92. The Kier molecular flexibility index (Phi) is 4.45. The second-order valence-electron chi connectivity index (χ2n) is 5.62. The van der Waals surface area contributed by atoms with Crippen LogP contribution in [0.15, 0.2) is 0 Å². The van der Waals surface area contributed by atoms with Crippen molar-refractivity contribution in [3.8, 4) is 0 Å². The van der Waals surface area contributed by atoms with Crippen LogP contribution in [0.4, 0.5) is 5.13 Å². The molecule has 2 heterocycles. The number of hydrogen-bond acceptors (Lipinski definition) is 6. The highest BCUT2D eigenvalue weighted by atomic mass is 32.1. The first-order chi connectivity index (χ1) is 10.2. The molecule has 2 aliphatic rings. The number of fused-ring (bicyclic) bond motifs is 1. The predicted molar refractivity (Wildman–Crippen MR) is 82.1 cm³/mol. The fraction of sp³-hybridized carbons (Fsp3) is 0.733. The number of ether oxygens (including phenoxy) is 2. The summed E-state index contributed by atoms with van der Waals surface area (Å²) in [5, 5.41) is 1.03. The number of carbonyl (C=O) groups is 1. The van der Waals surface area contributed by atoms with Crippen molar-refractivity contribution in [3.05, 3.63) is 10.6 Å². The summed E-state index contributed by atoms with van der Waals surface area (Å²) in [6.45, 7) is 6.80. The van der Waals surface area contributed by atoms with Gasteiger partial charge in [-0.15, -0.1) is 11.3 Å². The molecule has 1 aliphatic heterocycles. The van der Waals surface area contributed by atoms with Crippen LogP contribution in [-0.4, -0.2) is 43.4 Å². The molecule has 0 aromatic carbocycles. The molecule has 0 saturated carbocycles. The molecule has 1 aromatic heterocycles. The van der Waals surface area contributed by atoms with Crippen molar-refractivity contribution in [1.29, 1.82) is 0 Å². The number of aryl methyl sites for hydroxylation is 1. The molecular weight excluding hydrogens is 288 g/mol. The SMILES string of the molecule is CCOC(=O)C1CCCc2sc(N3CCOCC3C)nc21. The minimum Gasteiger partial charge on any atom is -0.465 e. The molecule has 0 amide bonds. The highest BCUT2D eigenvalue weighted by molar-refractivity contribution is 7.15. The van der Waals surface area contributed by atoms with Gasteiger partial charge >= 0.3 is 5.97 Å². The second-order valence-corrected chi connectivity index (χ2v) is 6.68. The van der Waals surface area contributed by atoms with Gasteiger partial charge in [0, 0.05) is 11.4 Å². The van der Waals surface area contributed by atoms with Gasteiger partial charge in [0.1, 0.15) is 5.92 Å². The lowest BCUT2D eigenvalue weighted by atomic mass is 9.91. The lowest BCUT2D eigenvalue weighted by Gasteiger charge is -2.32. The van der Waals surface area contributed by atoms with Gasteiger partial charge in [-0.1, -0.05) is 0 Å². The van der Waals surface area contributed by atoms with Crippen LogP contribution in [0.2, 0.25) is 0 Å². The zero-order chi connectivity index (χ0) is 14.8. The van der Waals surface area contributed by atoms with Gasteiger partial charge in [0.2, 0.25) is 0 Å². The first-order valence-corrected chi connectivity index (χ1v) is 8.53. The summed E-state index contributed by atoms with van der Waals surface area (Å²) in [4.78, 5) is 20.5. The van der Waals surface area contributed by atoms with Crippen molar-refractivity contribution >= 4 is 22.4 Å². The molecule has 3 rings (SSSR count). The van der Waals surface area contributed by atoms with Gasteiger partial charge in [0.25, 0.3) is 0 Å². The number of hydrogen-bond donors (Lipinski definition) is 0. The smallest absolute Gasteiger partial charge is 0.315 e. The zero-order valence-corrected chi connectivity index (χ0v) is 13.4. The van der Waals surface area contributed by atoms with E-state index in [-0.39, 0.29) is 11.9 Å². The van der Waals surface area contributed by atoms with Crippen LogP contribution in [0.1, 0.15) is 43.2 Å². The van der Waals surface area contributed by atoms with Gasteiger partial charge in [-0.2, -0.15) is 0 Å². The Morgan fingerprint density at radius 2 is 2.43 bits per heavy atom. The first kappa shape index (κ1) is 14.8. The largest absolute Gasteiger partial charge is 0.465 e. The van der Waals surface area contributed by atoms with E-state index in [0.717, 1.165) is 49.8 Å². The summed E-state index contributed by atoms with van der Waals surface area (Å²) in [6, 6.07) is 0.340. The number of esters is 1. The van der Waals surface area contributed by atoms with Gasteiger partial charge in [-0.05, 0) is 33.1 Å². The summed E-state index contributed by atoms with van der Waals surface area (Å²) in [5.74, 6) is -0.291. The molecule has 1 aromatic rings. The molecule has 0 spiro atoms. The molecule has 2 unspecified atom stereocenters. The monoisotopic (exact) mass is 310 g/mol. The van der Waals surface area contributed by atoms with Gasteiger partial charge in [-0.25, -0.2) is 4.98 Å². The van der Waals surface area contributed by atoms with E-state index in [1.807, 2.05) is 6.92 Å². The quantitative estimate of drug-likeness (QED) is 0.802. The number of carbonyl (C=O) groups excluding carboxylic acids is 1. The Labute approximate surface area is 129 Å². The molecule has 0 bridgehead atoms. The summed E-state index contributed by atoms with van der Waals surface area (Å²) >= 11 is 1.74. The fourth-order valence-electron chi connectivity index (χ4n) is 3.01. The van der Waals surface area contributed by atoms with E-state index in [0.29, 0.717) is 12.6 Å². The lowest BCUT2D eigenvalue weighted by Crippen LogP contribution is -2.43. The maximum atomic E-state index is 12.1. The predicted octanol–water partition coefficient (Wildman–Crippen LogP) is 2.35. The third-order valence-corrected chi connectivity index (χ3v) is 5.30. The van der Waals surface area contributed by atoms with Gasteiger partial charge in [-0.3, -0.25) is 4.79 Å². The van der Waals surface area contributed by atoms with Crippen molar-refractivity contribution in [3.63, 3.8) is 0 Å². The molecular formula is C15H22N2O3S. The zero-order valence-electron chi connectivity index (χ0n) is 12.6. The van der Waals surface area contributed by atoms with E-state index < -0.39 is 0 Å². The average molecular weight is 310 g/mol. The van der Waals surface area contributed by atoms with Crippen LogP contribution in [-0.2, 0) is 20.7 Å². The number of rotatable bonds is 3. The number of morpholine rings is 1. The van der Waals surface area contributed by atoms with Crippen LogP contribution < -0.4 is 4.90 Å². The molecule has 1 fully saturated rings. The number of aromatic nitrogens is 1. The Morgan fingerprint density at radius 1 is 1.57 bits per heavy atom. The molecule has 6 heteroatoms. The second kappa shape index (κ2) is 6.32. The Balaban J connectivity index is 1.85. The fourth-order valence-corrected chi connectivity index (χ4v) is 4.30. The summed E-state index contributed by atoms with van der Waals surface area (Å²) in [6.07, 6.45) is 2.92. The van der Waals surface area contributed by atoms with E-state index in [9.17, 15) is 4.79 Å². The number of nitrogens with zero attached hydrogens (tertiary/aromatic N) is 2. The minimum absolute atomic E-state index is 0.120. The van der Waals surface area contributed by atoms with Crippen molar-refractivity contribution in [2.45, 2.75) is 45.1 Å². The highest BCUT2D eigenvalue weighted by Crippen LogP contribution is 2.39. The summed E-state index contributed by atoms with van der Waals surface area (Å²) in [5.41, 5.74) is 0.957. The van der Waals surface area contributed by atoms with E-state index in [2.05, 4.69) is 11.8 Å². The molecule has 5 nitrogen and oxygen atoms in total. The van der Waals surface area contributed by atoms with Crippen LogP contribution in [0.3, 0.4) is 0 Å². The standard InChI is InChI=1S/C15H22N2O3S/c1-3-20-14(18)11-5-4-6-12-13(11)16-15(21-12)17-7-8-19-9-10(17)2/h10-11H,3-9H2,1-2H3. The van der Waals surface area contributed by atoms with Crippen LogP contribution >= 0.6 is 11.3 Å². The van der Waals surface area contributed by atoms with Gasteiger partial charge < -0.3 is 14.4 Å². The average Bonchev–Trinajstić information content (AvgIpc) is 2.91. The normalized spacial score (nSPS) is 25.5. The first-order valence-electron chi connectivity index (χ1n) is 7.71. The molecule has 1 saturated heterocycles. The minimum atomic E-state index is -0.171. The van der Waals surface area contributed by atoms with E-state index in [4.69, 9.17) is 14.5 Å². The maximum absolute atomic E-state index is 12.1. The molecule has 2 atom stereocenters. The lowest BCUT2D eigenvalue weighted by molar-refractivity contribution is -0.145. The molecule has 0 radical (unpaired) electrons. The van der Waals surface area contributed by atoms with E-state index >= 15 is 0 Å². The van der Waals surface area contributed by atoms with E-state index in [1.54, 1.807) is 11.3 Å². The summed E-state index contributed by atoms with van der Waals surface area (Å²) < 4.78 is 10.7. The van der Waals surface area contributed by atoms with Gasteiger partial charge in [0.05, 0.1) is 31.6 Å². The molecule has 0 N–H and O–H groups in total. The third-order valence-electron chi connectivity index (χ3n) is 4.13. The van der Waals surface area contributed by atoms with Crippen molar-refractivity contribution in [2.24, 2.45) is 0 Å². The molecule has 21 heavy (non-hydrogen) atoms. The number of thiazole rings is 1. The van der Waals surface area contributed by atoms with Crippen molar-refractivity contribution in [1.82, 2.24) is 4.98 Å². The molecule has 1 aliphatic carbocycles. The van der Waals surface area contributed by atoms with Crippen LogP contribution in [0, 0.1) is 0 Å².